The van der Waals surface area contributed by atoms with Gasteiger partial charge in [0.15, 0.2) is 0 Å². The number of rotatable bonds is 5. The first-order valence-corrected chi connectivity index (χ1v) is 6.80. The summed E-state index contributed by atoms with van der Waals surface area (Å²) in [6.07, 6.45) is 1.01. The van der Waals surface area contributed by atoms with E-state index >= 15 is 0 Å². The number of benzene rings is 2. The van der Waals surface area contributed by atoms with E-state index in [1.807, 2.05) is 48.5 Å². The zero-order chi connectivity index (χ0) is 13.8. The molecule has 0 fully saturated rings. The van der Waals surface area contributed by atoms with Crippen LogP contribution in [0.3, 0.4) is 0 Å². The number of aromatic amines is 1. The van der Waals surface area contributed by atoms with Gasteiger partial charge in [0.1, 0.15) is 5.75 Å². The summed E-state index contributed by atoms with van der Waals surface area (Å²) in [5, 5.41) is 3.25. The Kier molecular flexibility index (Phi) is 3.54. The largest absolute Gasteiger partial charge is 0.494 e. The molecule has 4 heteroatoms. The average Bonchev–Trinajstić information content (AvgIpc) is 2.89. The van der Waals surface area contributed by atoms with E-state index in [0.717, 1.165) is 41.4 Å². The number of fused-ring (bicyclic) bond motifs is 1. The molecule has 0 bridgehead atoms. The summed E-state index contributed by atoms with van der Waals surface area (Å²) in [5.41, 5.74) is 2.96. The summed E-state index contributed by atoms with van der Waals surface area (Å²) in [5.74, 6) is 1.63. The highest BCUT2D eigenvalue weighted by molar-refractivity contribution is 5.78. The SMILES string of the molecule is CCCOc1ccc(Nc2nc3ccccc3[nH]2)cc1. The van der Waals surface area contributed by atoms with Crippen molar-refractivity contribution >= 4 is 22.7 Å². The Morgan fingerprint density at radius 3 is 2.65 bits per heavy atom. The molecule has 4 nitrogen and oxygen atoms in total. The molecule has 102 valence electrons. The van der Waals surface area contributed by atoms with Crippen LogP contribution in [0.15, 0.2) is 48.5 Å². The van der Waals surface area contributed by atoms with Crippen LogP contribution in [0.1, 0.15) is 13.3 Å². The molecular weight excluding hydrogens is 250 g/mol. The van der Waals surface area contributed by atoms with E-state index in [4.69, 9.17) is 4.74 Å². The van der Waals surface area contributed by atoms with E-state index in [-0.39, 0.29) is 0 Å². The number of hydrogen-bond acceptors (Lipinski definition) is 3. The zero-order valence-corrected chi connectivity index (χ0v) is 11.4. The first-order valence-electron chi connectivity index (χ1n) is 6.80. The van der Waals surface area contributed by atoms with Crippen LogP contribution in [0.2, 0.25) is 0 Å². The van der Waals surface area contributed by atoms with E-state index in [9.17, 15) is 0 Å². The van der Waals surface area contributed by atoms with Gasteiger partial charge < -0.3 is 15.0 Å². The van der Waals surface area contributed by atoms with Crippen LogP contribution in [-0.2, 0) is 0 Å². The highest BCUT2D eigenvalue weighted by atomic mass is 16.5. The fourth-order valence-corrected chi connectivity index (χ4v) is 2.00. The molecule has 2 N–H and O–H groups in total. The van der Waals surface area contributed by atoms with E-state index in [0.29, 0.717) is 0 Å². The highest BCUT2D eigenvalue weighted by Gasteiger charge is 2.02. The van der Waals surface area contributed by atoms with Crippen molar-refractivity contribution in [2.24, 2.45) is 0 Å². The van der Waals surface area contributed by atoms with Crippen LogP contribution in [0, 0.1) is 0 Å². The molecule has 0 amide bonds. The number of ether oxygens (including phenoxy) is 1. The lowest BCUT2D eigenvalue weighted by atomic mass is 10.3. The Bertz CT molecular complexity index is 655. The summed E-state index contributed by atoms with van der Waals surface area (Å²) in [4.78, 5) is 7.72. The van der Waals surface area contributed by atoms with Gasteiger partial charge in [-0.1, -0.05) is 19.1 Å². The zero-order valence-electron chi connectivity index (χ0n) is 11.4. The lowest BCUT2D eigenvalue weighted by molar-refractivity contribution is 0.317. The first kappa shape index (κ1) is 12.5. The molecule has 0 aliphatic heterocycles. The van der Waals surface area contributed by atoms with Gasteiger partial charge in [0.25, 0.3) is 0 Å². The van der Waals surface area contributed by atoms with E-state index in [1.54, 1.807) is 0 Å². The maximum Gasteiger partial charge on any atom is 0.205 e. The van der Waals surface area contributed by atoms with Crippen molar-refractivity contribution in [2.45, 2.75) is 13.3 Å². The van der Waals surface area contributed by atoms with Crippen LogP contribution < -0.4 is 10.1 Å². The van der Waals surface area contributed by atoms with Crippen molar-refractivity contribution in [1.82, 2.24) is 9.97 Å². The third-order valence-electron chi connectivity index (χ3n) is 2.98. The number of nitrogens with one attached hydrogen (secondary N) is 2. The monoisotopic (exact) mass is 267 g/mol. The van der Waals surface area contributed by atoms with Crippen molar-refractivity contribution in [3.05, 3.63) is 48.5 Å². The van der Waals surface area contributed by atoms with Crippen molar-refractivity contribution in [2.75, 3.05) is 11.9 Å². The van der Waals surface area contributed by atoms with Crippen molar-refractivity contribution in [3.63, 3.8) is 0 Å². The number of imidazole rings is 1. The third kappa shape index (κ3) is 2.74. The molecule has 3 rings (SSSR count). The van der Waals surface area contributed by atoms with Gasteiger partial charge in [0.2, 0.25) is 5.95 Å². The normalized spacial score (nSPS) is 10.7. The van der Waals surface area contributed by atoms with Gasteiger partial charge in [-0.25, -0.2) is 4.98 Å². The maximum absolute atomic E-state index is 5.56. The topological polar surface area (TPSA) is 49.9 Å². The third-order valence-corrected chi connectivity index (χ3v) is 2.98. The maximum atomic E-state index is 5.56. The van der Waals surface area contributed by atoms with E-state index in [1.165, 1.54) is 0 Å². The van der Waals surface area contributed by atoms with E-state index in [2.05, 4.69) is 22.2 Å². The second-order valence-electron chi connectivity index (χ2n) is 4.60. The standard InChI is InChI=1S/C16H17N3O/c1-2-11-20-13-9-7-12(8-10-13)17-16-18-14-5-3-4-6-15(14)19-16/h3-10H,2,11H2,1H3,(H2,17,18,19). The van der Waals surface area contributed by atoms with Crippen LogP contribution >= 0.6 is 0 Å². The molecule has 2 aromatic carbocycles. The Balaban J connectivity index is 1.73. The molecule has 0 unspecified atom stereocenters. The number of aromatic nitrogens is 2. The molecule has 0 spiro atoms. The Morgan fingerprint density at radius 1 is 1.10 bits per heavy atom. The average molecular weight is 267 g/mol. The smallest absolute Gasteiger partial charge is 0.205 e. The minimum atomic E-state index is 0.744. The van der Waals surface area contributed by atoms with Crippen LogP contribution in [-0.4, -0.2) is 16.6 Å². The lowest BCUT2D eigenvalue weighted by Crippen LogP contribution is -1.96. The number of para-hydroxylation sites is 2. The molecule has 3 aromatic rings. The molecule has 0 aliphatic carbocycles. The molecule has 0 saturated heterocycles. The molecule has 0 atom stereocenters. The molecule has 20 heavy (non-hydrogen) atoms. The highest BCUT2D eigenvalue weighted by Crippen LogP contribution is 2.20. The second-order valence-corrected chi connectivity index (χ2v) is 4.60. The number of nitrogens with zero attached hydrogens (tertiary/aromatic N) is 1. The van der Waals surface area contributed by atoms with Gasteiger partial charge in [0, 0.05) is 5.69 Å². The van der Waals surface area contributed by atoms with Crippen LogP contribution in [0.25, 0.3) is 11.0 Å². The minimum Gasteiger partial charge on any atom is -0.494 e. The number of hydrogen-bond donors (Lipinski definition) is 2. The Morgan fingerprint density at radius 2 is 1.90 bits per heavy atom. The van der Waals surface area contributed by atoms with Gasteiger partial charge in [0.05, 0.1) is 17.6 Å². The minimum absolute atomic E-state index is 0.744. The fourth-order valence-electron chi connectivity index (χ4n) is 2.00. The Hall–Kier alpha value is -2.49. The molecular formula is C16H17N3O. The summed E-state index contributed by atoms with van der Waals surface area (Å²) in [6.45, 7) is 2.84. The van der Waals surface area contributed by atoms with Crippen LogP contribution in [0.4, 0.5) is 11.6 Å². The molecule has 0 radical (unpaired) electrons. The summed E-state index contributed by atoms with van der Waals surface area (Å²) in [7, 11) is 0. The summed E-state index contributed by atoms with van der Waals surface area (Å²) >= 11 is 0. The second kappa shape index (κ2) is 5.65. The van der Waals surface area contributed by atoms with Crippen LogP contribution in [0.5, 0.6) is 5.75 Å². The molecule has 1 aromatic heterocycles. The quantitative estimate of drug-likeness (QED) is 0.732. The summed E-state index contributed by atoms with van der Waals surface area (Å²) < 4.78 is 5.56. The van der Waals surface area contributed by atoms with E-state index < -0.39 is 0 Å². The van der Waals surface area contributed by atoms with Gasteiger partial charge >= 0.3 is 0 Å². The van der Waals surface area contributed by atoms with Gasteiger partial charge in [-0.3, -0.25) is 0 Å². The molecule has 0 saturated carbocycles. The van der Waals surface area contributed by atoms with Gasteiger partial charge in [-0.05, 0) is 42.8 Å². The number of H-pyrrole nitrogens is 1. The summed E-state index contributed by atoms with van der Waals surface area (Å²) in [6, 6.07) is 15.8. The van der Waals surface area contributed by atoms with Gasteiger partial charge in [-0.15, -0.1) is 0 Å². The van der Waals surface area contributed by atoms with Gasteiger partial charge in [-0.2, -0.15) is 0 Å². The predicted octanol–water partition coefficient (Wildman–Crippen LogP) is 4.10. The Labute approximate surface area is 117 Å². The molecule has 0 aliphatic rings. The first-order chi connectivity index (χ1) is 9.85. The fraction of sp³-hybridized carbons (Fsp3) is 0.188. The van der Waals surface area contributed by atoms with Crippen molar-refractivity contribution in [3.8, 4) is 5.75 Å². The van der Waals surface area contributed by atoms with Crippen molar-refractivity contribution < 1.29 is 4.74 Å². The molecule has 1 heterocycles. The number of anilines is 2. The lowest BCUT2D eigenvalue weighted by Gasteiger charge is -2.06. The van der Waals surface area contributed by atoms with Crippen molar-refractivity contribution in [1.29, 1.82) is 0 Å². The predicted molar refractivity (Wildman–Crippen MR) is 81.6 cm³/mol.